The van der Waals surface area contributed by atoms with Gasteiger partial charge in [-0.2, -0.15) is 0 Å². The molecule has 0 saturated carbocycles. The molecule has 6 rings (SSSR count). The van der Waals surface area contributed by atoms with E-state index in [9.17, 15) is 0 Å². The Balaban J connectivity index is 1.22. The fourth-order valence-electron chi connectivity index (χ4n) is 4.35. The molecule has 4 heterocycles. The lowest BCUT2D eigenvalue weighted by Crippen LogP contribution is -2.02. The molecule has 2 aromatic carbocycles. The Labute approximate surface area is 210 Å². The van der Waals surface area contributed by atoms with Gasteiger partial charge >= 0.3 is 0 Å². The first-order valence-corrected chi connectivity index (χ1v) is 13.1. The van der Waals surface area contributed by atoms with Crippen LogP contribution in [0.1, 0.15) is 17.5 Å². The van der Waals surface area contributed by atoms with E-state index in [-0.39, 0.29) is 0 Å². The van der Waals surface area contributed by atoms with E-state index in [4.69, 9.17) is 0 Å². The van der Waals surface area contributed by atoms with Crippen molar-refractivity contribution in [1.82, 2.24) is 19.1 Å². The monoisotopic (exact) mass is 494 g/mol. The highest BCUT2D eigenvalue weighted by Crippen LogP contribution is 2.24. The number of nitrogens with zero attached hydrogens (tertiary/aromatic N) is 6. The maximum atomic E-state index is 4.55. The smallest absolute Gasteiger partial charge is 0.208 e. The zero-order valence-electron chi connectivity index (χ0n) is 18.9. The van der Waals surface area contributed by atoms with E-state index in [1.165, 1.54) is 21.8 Å². The third-order valence-electron chi connectivity index (χ3n) is 5.90. The van der Waals surface area contributed by atoms with Gasteiger partial charge in [0.05, 0.1) is 0 Å². The summed E-state index contributed by atoms with van der Waals surface area (Å²) in [5, 5.41) is 7.85. The van der Waals surface area contributed by atoms with Gasteiger partial charge in [-0.3, -0.25) is 0 Å². The quantitative estimate of drug-likeness (QED) is 0.212. The lowest BCUT2D eigenvalue weighted by atomic mass is 10.2. The van der Waals surface area contributed by atoms with Gasteiger partial charge in [-0.15, -0.1) is 22.7 Å². The molecule has 0 atom stereocenters. The molecule has 0 radical (unpaired) electrons. The van der Waals surface area contributed by atoms with E-state index in [0.29, 0.717) is 0 Å². The number of para-hydroxylation sites is 2. The van der Waals surface area contributed by atoms with Gasteiger partial charge in [0.25, 0.3) is 0 Å². The van der Waals surface area contributed by atoms with Crippen molar-refractivity contribution in [2.75, 3.05) is 0 Å². The number of hydrogen-bond acceptors (Lipinski definition) is 6. The molecule has 8 heteroatoms. The van der Waals surface area contributed by atoms with Crippen molar-refractivity contribution in [2.24, 2.45) is 9.98 Å². The van der Waals surface area contributed by atoms with Gasteiger partial charge < -0.3 is 9.13 Å². The highest BCUT2D eigenvalue weighted by Gasteiger charge is 2.09. The number of aliphatic imine (C=N–C) groups is 2. The molecular formula is C27H22N6S2. The summed E-state index contributed by atoms with van der Waals surface area (Å²) < 4.78 is 4.66. The van der Waals surface area contributed by atoms with Crippen LogP contribution in [0.4, 0.5) is 10.3 Å². The summed E-state index contributed by atoms with van der Waals surface area (Å²) in [6.07, 6.45) is 12.8. The molecule has 0 N–H and O–H groups in total. The number of benzene rings is 2. The summed E-state index contributed by atoms with van der Waals surface area (Å²) in [4.78, 5) is 17.6. The molecule has 0 amide bonds. The largest absolute Gasteiger partial charge is 0.347 e. The van der Waals surface area contributed by atoms with Crippen LogP contribution in [0.15, 0.2) is 94.1 Å². The predicted molar refractivity (Wildman–Crippen MR) is 147 cm³/mol. The average molecular weight is 495 g/mol. The van der Waals surface area contributed by atoms with Crippen molar-refractivity contribution in [1.29, 1.82) is 0 Å². The summed E-state index contributed by atoms with van der Waals surface area (Å²) >= 11 is 3.08. The van der Waals surface area contributed by atoms with Gasteiger partial charge in [-0.05, 0) is 18.6 Å². The summed E-state index contributed by atoms with van der Waals surface area (Å²) in [5.41, 5.74) is 4.68. The van der Waals surface area contributed by atoms with Gasteiger partial charge in [-0.25, -0.2) is 20.0 Å². The highest BCUT2D eigenvalue weighted by atomic mass is 32.1. The van der Waals surface area contributed by atoms with Crippen LogP contribution in [0.25, 0.3) is 21.8 Å². The van der Waals surface area contributed by atoms with Crippen molar-refractivity contribution >= 4 is 67.2 Å². The fraction of sp³-hybridized carbons (Fsp3) is 0.111. The summed E-state index contributed by atoms with van der Waals surface area (Å²) in [6, 6.07) is 17.0. The molecule has 0 bridgehead atoms. The molecule has 0 spiro atoms. The Morgan fingerprint density at radius 1 is 0.686 bits per heavy atom. The molecular weight excluding hydrogens is 472 g/mol. The number of aryl methyl sites for hydroxylation is 2. The van der Waals surface area contributed by atoms with Crippen molar-refractivity contribution in [3.8, 4) is 0 Å². The second kappa shape index (κ2) is 9.77. The van der Waals surface area contributed by atoms with Crippen LogP contribution in [0.5, 0.6) is 0 Å². The molecule has 6 aromatic rings. The third-order valence-corrected chi connectivity index (χ3v) is 7.26. The standard InChI is InChI=1S/C27H22N6S2/c1-3-8-24-22(6-1)20(16-30-26-28-10-14-34-26)18-32(24)12-5-13-33-19-21(17-31-27-29-11-15-35-27)23-7-2-4-9-25(23)33/h1-4,6-11,14-19H,5,12-13H2/b30-16+,31-17+. The Morgan fingerprint density at radius 3 is 1.63 bits per heavy atom. The van der Waals surface area contributed by atoms with E-state index in [2.05, 4.69) is 90.0 Å². The number of rotatable bonds is 8. The van der Waals surface area contributed by atoms with E-state index in [0.717, 1.165) is 40.9 Å². The Kier molecular flexibility index (Phi) is 6.04. The summed E-state index contributed by atoms with van der Waals surface area (Å²) in [7, 11) is 0. The van der Waals surface area contributed by atoms with Gasteiger partial charge in [0.1, 0.15) is 0 Å². The van der Waals surface area contributed by atoms with E-state index in [1.54, 1.807) is 35.1 Å². The second-order valence-electron chi connectivity index (χ2n) is 8.09. The molecule has 0 aliphatic rings. The maximum Gasteiger partial charge on any atom is 0.208 e. The minimum atomic E-state index is 0.774. The van der Waals surface area contributed by atoms with Crippen LogP contribution in [-0.2, 0) is 13.1 Å². The van der Waals surface area contributed by atoms with Crippen molar-refractivity contribution < 1.29 is 0 Å². The normalized spacial score (nSPS) is 12.1. The first-order chi connectivity index (χ1) is 17.3. The number of thiazole rings is 2. The summed E-state index contributed by atoms with van der Waals surface area (Å²) in [6.45, 7) is 1.83. The SMILES string of the molecule is C(=N\c1nccs1)/c1cn(CCCn2cc(/C=N/c3nccs3)c3ccccc32)c2ccccc12. The molecule has 0 saturated heterocycles. The highest BCUT2D eigenvalue weighted by molar-refractivity contribution is 7.13. The Hall–Kier alpha value is -3.88. The van der Waals surface area contributed by atoms with Gasteiger partial charge in [0.2, 0.25) is 10.3 Å². The van der Waals surface area contributed by atoms with Crippen LogP contribution in [0.2, 0.25) is 0 Å². The van der Waals surface area contributed by atoms with Gasteiger partial charge in [0.15, 0.2) is 0 Å². The molecule has 0 fully saturated rings. The van der Waals surface area contributed by atoms with E-state index in [1.807, 2.05) is 23.2 Å². The van der Waals surface area contributed by atoms with Crippen molar-refractivity contribution in [2.45, 2.75) is 19.5 Å². The lowest BCUT2D eigenvalue weighted by Gasteiger charge is -2.08. The minimum absolute atomic E-state index is 0.774. The maximum absolute atomic E-state index is 4.55. The van der Waals surface area contributed by atoms with Gasteiger partial charge in [0, 0.05) is 94.0 Å². The molecule has 6 nitrogen and oxygen atoms in total. The predicted octanol–water partition coefficient (Wildman–Crippen LogP) is 7.10. The number of aromatic nitrogens is 4. The lowest BCUT2D eigenvalue weighted by molar-refractivity contribution is 0.584. The summed E-state index contributed by atoms with van der Waals surface area (Å²) in [5.74, 6) is 0. The number of fused-ring (bicyclic) bond motifs is 2. The van der Waals surface area contributed by atoms with E-state index >= 15 is 0 Å². The second-order valence-corrected chi connectivity index (χ2v) is 9.84. The molecule has 0 unspecified atom stereocenters. The molecule has 172 valence electrons. The zero-order chi connectivity index (χ0) is 23.5. The van der Waals surface area contributed by atoms with Crippen LogP contribution < -0.4 is 0 Å². The molecule has 0 aliphatic carbocycles. The average Bonchev–Trinajstić information content (AvgIpc) is 3.69. The molecule has 35 heavy (non-hydrogen) atoms. The van der Waals surface area contributed by atoms with Crippen LogP contribution in [0.3, 0.4) is 0 Å². The van der Waals surface area contributed by atoms with Gasteiger partial charge in [-0.1, -0.05) is 36.4 Å². The zero-order valence-corrected chi connectivity index (χ0v) is 20.5. The van der Waals surface area contributed by atoms with E-state index < -0.39 is 0 Å². The van der Waals surface area contributed by atoms with Crippen LogP contribution >= 0.6 is 22.7 Å². The minimum Gasteiger partial charge on any atom is -0.347 e. The molecule has 4 aromatic heterocycles. The Bertz CT molecular complexity index is 1500. The van der Waals surface area contributed by atoms with Crippen molar-refractivity contribution in [3.05, 3.63) is 95.2 Å². The fourth-order valence-corrected chi connectivity index (χ4v) is 5.30. The first kappa shape index (κ1) is 21.6. The molecule has 0 aliphatic heterocycles. The topological polar surface area (TPSA) is 60.4 Å². The number of hydrogen-bond donors (Lipinski definition) is 0. The van der Waals surface area contributed by atoms with Crippen LogP contribution in [-0.4, -0.2) is 31.5 Å². The van der Waals surface area contributed by atoms with Crippen LogP contribution in [0, 0.1) is 0 Å². The third kappa shape index (κ3) is 4.58. The first-order valence-electron chi connectivity index (χ1n) is 11.4. The Morgan fingerprint density at radius 2 is 1.17 bits per heavy atom. The van der Waals surface area contributed by atoms with Crippen molar-refractivity contribution in [3.63, 3.8) is 0 Å².